The first-order chi connectivity index (χ1) is 6.74. The van der Waals surface area contributed by atoms with Gasteiger partial charge in [-0.15, -0.1) is 0 Å². The Balaban J connectivity index is 2.44. The normalized spacial score (nSPS) is 15.6. The van der Waals surface area contributed by atoms with Crippen molar-refractivity contribution < 1.29 is 14.6 Å². The fourth-order valence-electron chi connectivity index (χ4n) is 1.61. The topological polar surface area (TPSA) is 64.7 Å². The van der Waals surface area contributed by atoms with Gasteiger partial charge < -0.3 is 20.3 Å². The fraction of sp³-hybridized carbons (Fsp3) is 0.400. The highest BCUT2D eigenvalue weighted by Crippen LogP contribution is 2.38. The molecule has 76 valence electrons. The van der Waals surface area contributed by atoms with Crippen LogP contribution in [0.5, 0.6) is 11.5 Å². The molecular weight excluding hydrogens is 182 g/mol. The molecule has 1 unspecified atom stereocenters. The maximum atomic E-state index is 9.62. The highest BCUT2D eigenvalue weighted by atomic mass is 16.7. The number of aliphatic hydroxyl groups is 1. The first kappa shape index (κ1) is 9.30. The van der Waals surface area contributed by atoms with Gasteiger partial charge in [0.25, 0.3) is 0 Å². The minimum atomic E-state index is -0.635. The van der Waals surface area contributed by atoms with Crippen molar-refractivity contribution >= 4 is 0 Å². The molecule has 2 rings (SSSR count). The molecule has 1 aliphatic rings. The van der Waals surface area contributed by atoms with Crippen molar-refractivity contribution in [3.8, 4) is 11.5 Å². The van der Waals surface area contributed by atoms with Crippen LogP contribution in [0, 0.1) is 6.92 Å². The highest BCUT2D eigenvalue weighted by Gasteiger charge is 2.20. The van der Waals surface area contributed by atoms with Crippen molar-refractivity contribution in [3.63, 3.8) is 0 Å². The zero-order chi connectivity index (χ0) is 10.1. The molecule has 1 atom stereocenters. The van der Waals surface area contributed by atoms with E-state index in [0.717, 1.165) is 22.6 Å². The zero-order valence-electron chi connectivity index (χ0n) is 7.99. The number of hydrogen-bond acceptors (Lipinski definition) is 4. The van der Waals surface area contributed by atoms with E-state index in [4.69, 9.17) is 15.2 Å². The Hall–Kier alpha value is -1.26. The number of hydrogen-bond donors (Lipinski definition) is 2. The summed E-state index contributed by atoms with van der Waals surface area (Å²) in [6.45, 7) is 2.35. The highest BCUT2D eigenvalue weighted by molar-refractivity contribution is 5.52. The summed E-state index contributed by atoms with van der Waals surface area (Å²) in [5, 5.41) is 9.62. The molecule has 1 aromatic carbocycles. The number of ether oxygens (including phenoxy) is 2. The lowest BCUT2D eigenvalue weighted by Gasteiger charge is -2.12. The third-order valence-electron chi connectivity index (χ3n) is 2.41. The van der Waals surface area contributed by atoms with Crippen LogP contribution in [0.3, 0.4) is 0 Å². The molecule has 0 saturated heterocycles. The van der Waals surface area contributed by atoms with E-state index in [2.05, 4.69) is 0 Å². The van der Waals surface area contributed by atoms with E-state index in [1.807, 2.05) is 13.0 Å². The summed E-state index contributed by atoms with van der Waals surface area (Å²) in [5.41, 5.74) is 7.10. The fourth-order valence-corrected chi connectivity index (χ4v) is 1.61. The van der Waals surface area contributed by atoms with Crippen LogP contribution < -0.4 is 15.2 Å². The zero-order valence-corrected chi connectivity index (χ0v) is 7.99. The van der Waals surface area contributed by atoms with E-state index < -0.39 is 6.10 Å². The Morgan fingerprint density at radius 3 is 3.00 bits per heavy atom. The molecule has 0 saturated carbocycles. The Morgan fingerprint density at radius 1 is 1.50 bits per heavy atom. The largest absolute Gasteiger partial charge is 0.454 e. The first-order valence-corrected chi connectivity index (χ1v) is 4.51. The van der Waals surface area contributed by atoms with E-state index >= 15 is 0 Å². The minimum absolute atomic E-state index is 0.209. The number of nitrogens with two attached hydrogens (primary N) is 1. The average molecular weight is 195 g/mol. The van der Waals surface area contributed by atoms with Gasteiger partial charge in [0, 0.05) is 12.1 Å². The monoisotopic (exact) mass is 195 g/mol. The van der Waals surface area contributed by atoms with Crippen LogP contribution in [0.2, 0.25) is 0 Å². The molecule has 0 spiro atoms. The quantitative estimate of drug-likeness (QED) is 0.729. The minimum Gasteiger partial charge on any atom is -0.454 e. The summed E-state index contributed by atoms with van der Waals surface area (Å²) < 4.78 is 10.5. The Labute approximate surface area is 82.2 Å². The van der Waals surface area contributed by atoms with Crippen molar-refractivity contribution in [1.29, 1.82) is 0 Å². The van der Waals surface area contributed by atoms with Gasteiger partial charge in [-0.3, -0.25) is 0 Å². The third-order valence-corrected chi connectivity index (χ3v) is 2.41. The van der Waals surface area contributed by atoms with E-state index in [-0.39, 0.29) is 13.3 Å². The number of rotatable bonds is 2. The molecule has 1 heterocycles. The lowest BCUT2D eigenvalue weighted by Crippen LogP contribution is -2.12. The maximum Gasteiger partial charge on any atom is 0.231 e. The van der Waals surface area contributed by atoms with Crippen LogP contribution in [0.1, 0.15) is 17.2 Å². The predicted molar refractivity (Wildman–Crippen MR) is 51.3 cm³/mol. The summed E-state index contributed by atoms with van der Waals surface area (Å²) in [7, 11) is 0. The molecule has 0 amide bonds. The van der Waals surface area contributed by atoms with Crippen LogP contribution in [-0.2, 0) is 0 Å². The van der Waals surface area contributed by atoms with E-state index in [1.54, 1.807) is 6.07 Å². The van der Waals surface area contributed by atoms with Crippen molar-refractivity contribution in [2.24, 2.45) is 5.73 Å². The molecular formula is C10H13NO3. The molecule has 1 aromatic rings. The van der Waals surface area contributed by atoms with Crippen molar-refractivity contribution in [2.45, 2.75) is 13.0 Å². The lowest BCUT2D eigenvalue weighted by atomic mass is 10.0. The molecule has 4 nitrogen and oxygen atoms in total. The molecule has 0 bridgehead atoms. The molecule has 3 N–H and O–H groups in total. The number of benzene rings is 1. The van der Waals surface area contributed by atoms with E-state index in [9.17, 15) is 5.11 Å². The summed E-state index contributed by atoms with van der Waals surface area (Å²) in [6.07, 6.45) is -0.635. The summed E-state index contributed by atoms with van der Waals surface area (Å²) in [6, 6.07) is 3.62. The van der Waals surface area contributed by atoms with Crippen LogP contribution in [-0.4, -0.2) is 18.4 Å². The second kappa shape index (κ2) is 3.48. The van der Waals surface area contributed by atoms with Gasteiger partial charge in [0.15, 0.2) is 11.5 Å². The van der Waals surface area contributed by atoms with Crippen LogP contribution in [0.4, 0.5) is 0 Å². The van der Waals surface area contributed by atoms with Gasteiger partial charge in [0.05, 0.1) is 6.10 Å². The lowest BCUT2D eigenvalue weighted by molar-refractivity contribution is 0.172. The van der Waals surface area contributed by atoms with Gasteiger partial charge in [0.2, 0.25) is 6.79 Å². The van der Waals surface area contributed by atoms with Gasteiger partial charge in [-0.1, -0.05) is 6.07 Å². The summed E-state index contributed by atoms with van der Waals surface area (Å²) in [5.74, 6) is 1.45. The van der Waals surface area contributed by atoms with Gasteiger partial charge >= 0.3 is 0 Å². The molecule has 14 heavy (non-hydrogen) atoms. The van der Waals surface area contributed by atoms with Crippen LogP contribution in [0.25, 0.3) is 0 Å². The molecule has 4 heteroatoms. The van der Waals surface area contributed by atoms with Crippen LogP contribution >= 0.6 is 0 Å². The maximum absolute atomic E-state index is 9.62. The summed E-state index contributed by atoms with van der Waals surface area (Å²) in [4.78, 5) is 0. The number of fused-ring (bicyclic) bond motifs is 1. The SMILES string of the molecule is Cc1c(C(O)CN)ccc2c1OCO2. The molecule has 0 aliphatic carbocycles. The molecule has 0 radical (unpaired) electrons. The van der Waals surface area contributed by atoms with Crippen LogP contribution in [0.15, 0.2) is 12.1 Å². The average Bonchev–Trinajstić information content (AvgIpc) is 2.66. The van der Waals surface area contributed by atoms with Crippen molar-refractivity contribution in [2.75, 3.05) is 13.3 Å². The third kappa shape index (κ3) is 1.32. The molecule has 0 fully saturated rings. The second-order valence-electron chi connectivity index (χ2n) is 3.27. The first-order valence-electron chi connectivity index (χ1n) is 4.51. The molecule has 0 aromatic heterocycles. The van der Waals surface area contributed by atoms with Crippen molar-refractivity contribution in [1.82, 2.24) is 0 Å². The van der Waals surface area contributed by atoms with E-state index in [0.29, 0.717) is 0 Å². The number of aliphatic hydroxyl groups excluding tert-OH is 1. The van der Waals surface area contributed by atoms with Gasteiger partial charge in [-0.05, 0) is 18.6 Å². The Bertz CT molecular complexity index is 351. The van der Waals surface area contributed by atoms with Gasteiger partial charge in [-0.25, -0.2) is 0 Å². The smallest absolute Gasteiger partial charge is 0.231 e. The van der Waals surface area contributed by atoms with Crippen molar-refractivity contribution in [3.05, 3.63) is 23.3 Å². The predicted octanol–water partition coefficient (Wildman–Crippen LogP) is 0.716. The second-order valence-corrected chi connectivity index (χ2v) is 3.27. The van der Waals surface area contributed by atoms with Gasteiger partial charge in [0.1, 0.15) is 0 Å². The standard InChI is InChI=1S/C10H13NO3/c1-6-7(8(12)4-11)2-3-9-10(6)14-5-13-9/h2-3,8,12H,4-5,11H2,1H3. The molecule has 1 aliphatic heterocycles. The van der Waals surface area contributed by atoms with Gasteiger partial charge in [-0.2, -0.15) is 0 Å². The summed E-state index contributed by atoms with van der Waals surface area (Å²) >= 11 is 0. The Morgan fingerprint density at radius 2 is 2.29 bits per heavy atom. The van der Waals surface area contributed by atoms with E-state index in [1.165, 1.54) is 0 Å². The Kier molecular flexibility index (Phi) is 2.31.